The van der Waals surface area contributed by atoms with Gasteiger partial charge in [0.2, 0.25) is 0 Å². The Labute approximate surface area is 86.5 Å². The molecule has 3 nitrogen and oxygen atoms in total. The largest absolute Gasteiger partial charge is 0.396 e. The average molecular weight is 198 g/mol. The van der Waals surface area contributed by atoms with E-state index in [0.717, 1.165) is 25.2 Å². The van der Waals surface area contributed by atoms with Crippen LogP contribution in [0.1, 0.15) is 26.2 Å². The first-order chi connectivity index (χ1) is 6.81. The van der Waals surface area contributed by atoms with Gasteiger partial charge in [-0.25, -0.2) is 0 Å². The number of hydrogen-bond acceptors (Lipinski definition) is 3. The van der Waals surface area contributed by atoms with Crippen LogP contribution in [0.3, 0.4) is 0 Å². The molecule has 2 aliphatic rings. The third kappa shape index (κ3) is 2.10. The fourth-order valence-electron chi connectivity index (χ4n) is 2.80. The van der Waals surface area contributed by atoms with Gasteiger partial charge in [0.05, 0.1) is 0 Å². The maximum Gasteiger partial charge on any atom is 0.0468 e. The van der Waals surface area contributed by atoms with Gasteiger partial charge in [0.1, 0.15) is 0 Å². The van der Waals surface area contributed by atoms with Crippen LogP contribution >= 0.6 is 0 Å². The van der Waals surface area contributed by atoms with Crippen LogP contribution in [-0.4, -0.2) is 48.3 Å². The average Bonchev–Trinajstić information content (AvgIpc) is 2.40. The molecule has 2 aliphatic heterocycles. The minimum absolute atomic E-state index is 0.323. The highest BCUT2D eigenvalue weighted by atomic mass is 16.3. The van der Waals surface area contributed by atoms with Gasteiger partial charge >= 0.3 is 0 Å². The molecule has 3 unspecified atom stereocenters. The molecule has 3 atom stereocenters. The summed E-state index contributed by atoms with van der Waals surface area (Å²) in [7, 11) is 0. The van der Waals surface area contributed by atoms with E-state index in [2.05, 4.69) is 17.1 Å². The molecule has 3 heteroatoms. The number of fused-ring (bicyclic) bond motifs is 2. The fraction of sp³-hybridized carbons (Fsp3) is 1.00. The Kier molecular flexibility index (Phi) is 3.42. The number of aliphatic hydroxyl groups is 1. The molecule has 14 heavy (non-hydrogen) atoms. The standard InChI is InChI=1S/C11H22N2O/c1-9(8-14)7-13-10-2-3-11(13)6-12-5-4-10/h9-12,14H,2-8H2,1H3. The molecular weight excluding hydrogens is 176 g/mol. The van der Waals surface area contributed by atoms with Crippen LogP contribution in [-0.2, 0) is 0 Å². The Hall–Kier alpha value is -0.120. The SMILES string of the molecule is CC(CO)CN1C2CCNCC1CC2. The van der Waals surface area contributed by atoms with Crippen molar-refractivity contribution in [2.75, 3.05) is 26.2 Å². The van der Waals surface area contributed by atoms with Crippen LogP contribution in [0.15, 0.2) is 0 Å². The molecule has 2 saturated heterocycles. The maximum atomic E-state index is 9.09. The Bertz CT molecular complexity index is 172. The van der Waals surface area contributed by atoms with Gasteiger partial charge in [-0.05, 0) is 31.7 Å². The van der Waals surface area contributed by atoms with Crippen molar-refractivity contribution in [2.45, 2.75) is 38.3 Å². The monoisotopic (exact) mass is 198 g/mol. The highest BCUT2D eigenvalue weighted by molar-refractivity contribution is 4.92. The van der Waals surface area contributed by atoms with E-state index in [1.54, 1.807) is 0 Å². The number of nitrogens with one attached hydrogen (secondary N) is 1. The van der Waals surface area contributed by atoms with Crippen molar-refractivity contribution in [3.8, 4) is 0 Å². The summed E-state index contributed by atoms with van der Waals surface area (Å²) in [5, 5.41) is 12.6. The number of aliphatic hydroxyl groups excluding tert-OH is 1. The van der Waals surface area contributed by atoms with Crippen LogP contribution in [0.5, 0.6) is 0 Å². The zero-order valence-corrected chi connectivity index (χ0v) is 9.08. The molecule has 2 bridgehead atoms. The van der Waals surface area contributed by atoms with Gasteiger partial charge in [-0.3, -0.25) is 4.90 Å². The molecule has 0 aromatic heterocycles. The van der Waals surface area contributed by atoms with E-state index in [4.69, 9.17) is 5.11 Å². The summed E-state index contributed by atoms with van der Waals surface area (Å²) in [6.07, 6.45) is 3.99. The topological polar surface area (TPSA) is 35.5 Å². The lowest BCUT2D eigenvalue weighted by Gasteiger charge is -2.29. The van der Waals surface area contributed by atoms with Crippen molar-refractivity contribution in [2.24, 2.45) is 5.92 Å². The summed E-state index contributed by atoms with van der Waals surface area (Å²) >= 11 is 0. The van der Waals surface area contributed by atoms with E-state index in [-0.39, 0.29) is 0 Å². The molecule has 2 N–H and O–H groups in total. The van der Waals surface area contributed by atoms with E-state index in [1.807, 2.05) is 0 Å². The van der Waals surface area contributed by atoms with Gasteiger partial charge < -0.3 is 10.4 Å². The van der Waals surface area contributed by atoms with E-state index in [1.165, 1.54) is 25.8 Å². The highest BCUT2D eigenvalue weighted by Crippen LogP contribution is 2.28. The molecule has 0 radical (unpaired) electrons. The lowest BCUT2D eigenvalue weighted by atomic mass is 10.1. The zero-order valence-electron chi connectivity index (χ0n) is 9.08. The second-order valence-corrected chi connectivity index (χ2v) is 4.86. The summed E-state index contributed by atoms with van der Waals surface area (Å²) < 4.78 is 0. The van der Waals surface area contributed by atoms with E-state index < -0.39 is 0 Å². The molecule has 0 aromatic carbocycles. The zero-order chi connectivity index (χ0) is 9.97. The van der Waals surface area contributed by atoms with Crippen LogP contribution in [0.4, 0.5) is 0 Å². The van der Waals surface area contributed by atoms with Gasteiger partial charge in [0.15, 0.2) is 0 Å². The van der Waals surface area contributed by atoms with Gasteiger partial charge in [0, 0.05) is 31.8 Å². The smallest absolute Gasteiger partial charge is 0.0468 e. The fourth-order valence-corrected chi connectivity index (χ4v) is 2.80. The molecule has 0 spiro atoms. The lowest BCUT2D eigenvalue weighted by Crippen LogP contribution is -2.41. The predicted octanol–water partition coefficient (Wildman–Crippen LogP) is 0.441. The molecule has 2 rings (SSSR count). The van der Waals surface area contributed by atoms with Gasteiger partial charge in [0.25, 0.3) is 0 Å². The summed E-state index contributed by atoms with van der Waals surface area (Å²) in [5.74, 6) is 0.427. The summed E-state index contributed by atoms with van der Waals surface area (Å²) in [5.41, 5.74) is 0. The van der Waals surface area contributed by atoms with E-state index >= 15 is 0 Å². The van der Waals surface area contributed by atoms with E-state index in [0.29, 0.717) is 12.5 Å². The second kappa shape index (κ2) is 4.60. The first-order valence-corrected chi connectivity index (χ1v) is 5.88. The third-order valence-electron chi connectivity index (χ3n) is 3.64. The van der Waals surface area contributed by atoms with Crippen molar-refractivity contribution in [3.05, 3.63) is 0 Å². The molecule has 0 aliphatic carbocycles. The van der Waals surface area contributed by atoms with E-state index in [9.17, 15) is 0 Å². The first kappa shape index (κ1) is 10.4. The third-order valence-corrected chi connectivity index (χ3v) is 3.64. The van der Waals surface area contributed by atoms with Gasteiger partial charge in [-0.15, -0.1) is 0 Å². The predicted molar refractivity (Wildman–Crippen MR) is 57.3 cm³/mol. The quantitative estimate of drug-likeness (QED) is 0.691. The summed E-state index contributed by atoms with van der Waals surface area (Å²) in [4.78, 5) is 2.63. The minimum atomic E-state index is 0.323. The number of hydrogen-bond donors (Lipinski definition) is 2. The van der Waals surface area contributed by atoms with Crippen molar-refractivity contribution < 1.29 is 5.11 Å². The molecular formula is C11H22N2O. The Balaban J connectivity index is 1.95. The number of nitrogens with zero attached hydrogens (tertiary/aromatic N) is 1. The Morgan fingerprint density at radius 2 is 2.14 bits per heavy atom. The Morgan fingerprint density at radius 3 is 2.93 bits per heavy atom. The molecule has 2 heterocycles. The van der Waals surface area contributed by atoms with Crippen molar-refractivity contribution in [1.29, 1.82) is 0 Å². The van der Waals surface area contributed by atoms with Crippen molar-refractivity contribution >= 4 is 0 Å². The first-order valence-electron chi connectivity index (χ1n) is 5.88. The molecule has 0 amide bonds. The maximum absolute atomic E-state index is 9.09. The van der Waals surface area contributed by atoms with Crippen LogP contribution in [0.2, 0.25) is 0 Å². The summed E-state index contributed by atoms with van der Waals surface area (Å²) in [6.45, 7) is 5.86. The molecule has 82 valence electrons. The van der Waals surface area contributed by atoms with Crippen molar-refractivity contribution in [3.63, 3.8) is 0 Å². The lowest BCUT2D eigenvalue weighted by molar-refractivity contribution is 0.138. The van der Waals surface area contributed by atoms with Crippen molar-refractivity contribution in [1.82, 2.24) is 10.2 Å². The molecule has 2 fully saturated rings. The highest BCUT2D eigenvalue weighted by Gasteiger charge is 2.34. The molecule has 0 aromatic rings. The normalized spacial score (nSPS) is 35.6. The minimum Gasteiger partial charge on any atom is -0.396 e. The second-order valence-electron chi connectivity index (χ2n) is 4.86. The van der Waals surface area contributed by atoms with Gasteiger partial charge in [-0.1, -0.05) is 6.92 Å². The van der Waals surface area contributed by atoms with Gasteiger partial charge in [-0.2, -0.15) is 0 Å². The Morgan fingerprint density at radius 1 is 1.36 bits per heavy atom. The summed E-state index contributed by atoms with van der Waals surface area (Å²) in [6, 6.07) is 1.51. The van der Waals surface area contributed by atoms with Crippen LogP contribution in [0, 0.1) is 5.92 Å². The van der Waals surface area contributed by atoms with Crippen LogP contribution in [0.25, 0.3) is 0 Å². The van der Waals surface area contributed by atoms with Crippen LogP contribution < -0.4 is 5.32 Å². The number of rotatable bonds is 3. The molecule has 0 saturated carbocycles.